The molecule has 0 spiro atoms. The largest absolute Gasteiger partial charge is 0.465 e. The Morgan fingerprint density at radius 3 is 2.83 bits per heavy atom. The summed E-state index contributed by atoms with van der Waals surface area (Å²) in [6, 6.07) is 12.0. The molecule has 1 aromatic carbocycles. The number of esters is 1. The molecule has 5 nitrogen and oxygen atoms in total. The Morgan fingerprint density at radius 1 is 1.22 bits per heavy atom. The highest BCUT2D eigenvalue weighted by molar-refractivity contribution is 7.17. The van der Waals surface area contributed by atoms with Gasteiger partial charge in [-0.05, 0) is 23.9 Å². The molecular weight excluding hydrogens is 310 g/mol. The van der Waals surface area contributed by atoms with Crippen LogP contribution in [0.3, 0.4) is 0 Å². The molecule has 2 aromatic heterocycles. The average Bonchev–Trinajstić information content (AvgIpc) is 3.04. The highest BCUT2D eigenvalue weighted by atomic mass is 32.1. The fourth-order valence-corrected chi connectivity index (χ4v) is 3.23. The van der Waals surface area contributed by atoms with E-state index >= 15 is 0 Å². The monoisotopic (exact) mass is 327 g/mol. The molecule has 0 aliphatic heterocycles. The maximum atomic E-state index is 12.0. The van der Waals surface area contributed by atoms with Crippen LogP contribution in [0.5, 0.6) is 0 Å². The number of ether oxygens (including phenoxy) is 1. The summed E-state index contributed by atoms with van der Waals surface area (Å²) in [6.45, 7) is 2.92. The first-order valence-corrected chi connectivity index (χ1v) is 8.28. The average molecular weight is 327 g/mol. The minimum atomic E-state index is -0.258. The fraction of sp³-hybridized carbons (Fsp3) is 0.235. The second-order valence-electron chi connectivity index (χ2n) is 4.98. The van der Waals surface area contributed by atoms with E-state index in [9.17, 15) is 4.79 Å². The summed E-state index contributed by atoms with van der Waals surface area (Å²) in [5.74, 6) is 0.508. The van der Waals surface area contributed by atoms with Crippen LogP contribution in [0.15, 0.2) is 48.1 Å². The van der Waals surface area contributed by atoms with Crippen LogP contribution in [0.1, 0.15) is 12.5 Å². The van der Waals surface area contributed by atoms with Gasteiger partial charge in [0.2, 0.25) is 0 Å². The van der Waals surface area contributed by atoms with Crippen molar-refractivity contribution < 1.29 is 9.53 Å². The van der Waals surface area contributed by atoms with Crippen LogP contribution in [-0.4, -0.2) is 29.1 Å². The van der Waals surface area contributed by atoms with Crippen LogP contribution in [0.25, 0.3) is 10.2 Å². The van der Waals surface area contributed by atoms with E-state index in [0.717, 1.165) is 21.6 Å². The quantitative estimate of drug-likeness (QED) is 0.651. The van der Waals surface area contributed by atoms with Gasteiger partial charge in [-0.3, -0.25) is 4.79 Å². The molecule has 0 saturated heterocycles. The number of nitrogens with zero attached hydrogens (tertiary/aromatic N) is 3. The number of hydrogen-bond acceptors (Lipinski definition) is 6. The molecule has 0 aliphatic carbocycles. The third-order valence-electron chi connectivity index (χ3n) is 3.37. The molecular formula is C17H17N3O2S. The number of carbonyl (C=O) groups is 1. The van der Waals surface area contributed by atoms with E-state index < -0.39 is 0 Å². The minimum absolute atomic E-state index is 0.159. The number of carbonyl (C=O) groups excluding carboxylic acids is 1. The summed E-state index contributed by atoms with van der Waals surface area (Å²) in [7, 11) is 0. The maximum absolute atomic E-state index is 12.0. The van der Waals surface area contributed by atoms with Gasteiger partial charge in [0, 0.05) is 6.54 Å². The Balaban J connectivity index is 1.93. The number of rotatable bonds is 6. The van der Waals surface area contributed by atoms with E-state index in [1.807, 2.05) is 53.6 Å². The van der Waals surface area contributed by atoms with Crippen molar-refractivity contribution in [3.63, 3.8) is 0 Å². The molecule has 6 heteroatoms. The van der Waals surface area contributed by atoms with Gasteiger partial charge in [-0.1, -0.05) is 30.3 Å². The Kier molecular flexibility index (Phi) is 4.83. The summed E-state index contributed by atoms with van der Waals surface area (Å²) in [6.07, 6.45) is 1.54. The minimum Gasteiger partial charge on any atom is -0.465 e. The van der Waals surface area contributed by atoms with Crippen molar-refractivity contribution >= 4 is 33.3 Å². The number of fused-ring (bicyclic) bond motifs is 1. The summed E-state index contributed by atoms with van der Waals surface area (Å²) < 4.78 is 6.08. The van der Waals surface area contributed by atoms with Crippen LogP contribution in [0.2, 0.25) is 0 Å². The van der Waals surface area contributed by atoms with E-state index in [4.69, 9.17) is 4.74 Å². The predicted octanol–water partition coefficient (Wildman–Crippen LogP) is 3.26. The zero-order valence-corrected chi connectivity index (χ0v) is 13.6. The number of anilines is 1. The van der Waals surface area contributed by atoms with Crippen molar-refractivity contribution in [2.45, 2.75) is 13.5 Å². The SMILES string of the molecule is CCOC(=O)CN(Cc1ccccc1)c1ncnc2ccsc12. The number of benzene rings is 1. The molecule has 0 unspecified atom stereocenters. The first-order valence-electron chi connectivity index (χ1n) is 7.40. The molecule has 0 atom stereocenters. The standard InChI is InChI=1S/C17H17N3O2S/c1-2-22-15(21)11-20(10-13-6-4-3-5-7-13)17-16-14(8-9-23-16)18-12-19-17/h3-9,12H,2,10-11H2,1H3. The lowest BCUT2D eigenvalue weighted by Crippen LogP contribution is -2.31. The van der Waals surface area contributed by atoms with Gasteiger partial charge in [0.15, 0.2) is 5.82 Å². The Morgan fingerprint density at radius 2 is 2.04 bits per heavy atom. The first-order chi connectivity index (χ1) is 11.3. The molecule has 0 fully saturated rings. The van der Waals surface area contributed by atoms with Crippen LogP contribution < -0.4 is 4.90 Å². The zero-order valence-electron chi connectivity index (χ0n) is 12.8. The van der Waals surface area contributed by atoms with Crippen LogP contribution in [-0.2, 0) is 16.1 Å². The third-order valence-corrected chi connectivity index (χ3v) is 4.27. The molecule has 118 valence electrons. The normalized spacial score (nSPS) is 10.7. The van der Waals surface area contributed by atoms with Crippen LogP contribution in [0.4, 0.5) is 5.82 Å². The summed E-state index contributed by atoms with van der Waals surface area (Å²) in [5, 5.41) is 1.98. The molecule has 23 heavy (non-hydrogen) atoms. The predicted molar refractivity (Wildman–Crippen MR) is 91.5 cm³/mol. The molecule has 0 N–H and O–H groups in total. The van der Waals surface area contributed by atoms with Crippen molar-refractivity contribution in [1.29, 1.82) is 0 Å². The number of aromatic nitrogens is 2. The van der Waals surface area contributed by atoms with Gasteiger partial charge < -0.3 is 9.64 Å². The molecule has 0 radical (unpaired) electrons. The van der Waals surface area contributed by atoms with Crippen molar-refractivity contribution in [1.82, 2.24) is 9.97 Å². The molecule has 0 bridgehead atoms. The van der Waals surface area contributed by atoms with E-state index in [2.05, 4.69) is 9.97 Å². The maximum Gasteiger partial charge on any atom is 0.325 e. The lowest BCUT2D eigenvalue weighted by Gasteiger charge is -2.23. The van der Waals surface area contributed by atoms with Gasteiger partial charge in [-0.25, -0.2) is 9.97 Å². The molecule has 0 amide bonds. The third kappa shape index (κ3) is 3.65. The van der Waals surface area contributed by atoms with Gasteiger partial charge >= 0.3 is 5.97 Å². The first kappa shape index (κ1) is 15.4. The molecule has 3 aromatic rings. The van der Waals surface area contributed by atoms with E-state index in [1.54, 1.807) is 11.3 Å². The molecule has 0 saturated carbocycles. The van der Waals surface area contributed by atoms with Crippen molar-refractivity contribution in [3.05, 3.63) is 53.7 Å². The topological polar surface area (TPSA) is 55.3 Å². The zero-order chi connectivity index (χ0) is 16.1. The molecule has 0 aliphatic rings. The van der Waals surface area contributed by atoms with Gasteiger partial charge in [0.1, 0.15) is 12.9 Å². The highest BCUT2D eigenvalue weighted by Crippen LogP contribution is 2.28. The smallest absolute Gasteiger partial charge is 0.325 e. The number of hydrogen-bond donors (Lipinski definition) is 0. The van der Waals surface area contributed by atoms with Gasteiger partial charge in [0.25, 0.3) is 0 Å². The fourth-order valence-electron chi connectivity index (χ4n) is 2.37. The summed E-state index contributed by atoms with van der Waals surface area (Å²) in [5.41, 5.74) is 2.00. The Bertz CT molecular complexity index is 789. The number of thiophene rings is 1. The Labute approximate surface area is 138 Å². The Hall–Kier alpha value is -2.47. The highest BCUT2D eigenvalue weighted by Gasteiger charge is 2.17. The lowest BCUT2D eigenvalue weighted by molar-refractivity contribution is -0.141. The van der Waals surface area contributed by atoms with E-state index in [1.165, 1.54) is 6.33 Å². The van der Waals surface area contributed by atoms with Gasteiger partial charge in [-0.2, -0.15) is 0 Å². The van der Waals surface area contributed by atoms with Crippen molar-refractivity contribution in [2.24, 2.45) is 0 Å². The van der Waals surface area contributed by atoms with Crippen LogP contribution >= 0.6 is 11.3 Å². The van der Waals surface area contributed by atoms with Crippen LogP contribution in [0, 0.1) is 0 Å². The van der Waals surface area contributed by atoms with Crippen molar-refractivity contribution in [3.8, 4) is 0 Å². The molecule has 2 heterocycles. The van der Waals surface area contributed by atoms with E-state index in [-0.39, 0.29) is 12.5 Å². The molecule has 3 rings (SSSR count). The second kappa shape index (κ2) is 7.19. The summed E-state index contributed by atoms with van der Waals surface area (Å²) in [4.78, 5) is 22.6. The van der Waals surface area contributed by atoms with Gasteiger partial charge in [-0.15, -0.1) is 11.3 Å². The summed E-state index contributed by atoms with van der Waals surface area (Å²) >= 11 is 1.57. The lowest BCUT2D eigenvalue weighted by atomic mass is 10.2. The van der Waals surface area contributed by atoms with E-state index in [0.29, 0.717) is 13.2 Å². The second-order valence-corrected chi connectivity index (χ2v) is 5.90. The van der Waals surface area contributed by atoms with Crippen molar-refractivity contribution in [2.75, 3.05) is 18.1 Å². The van der Waals surface area contributed by atoms with Gasteiger partial charge in [0.05, 0.1) is 16.8 Å².